The van der Waals surface area contributed by atoms with Crippen LogP contribution in [-0.2, 0) is 0 Å². The minimum Gasteiger partial charge on any atom is -0.324 e. The van der Waals surface area contributed by atoms with Gasteiger partial charge in [-0.05, 0) is 34.0 Å². The van der Waals surface area contributed by atoms with Crippen molar-refractivity contribution in [2.24, 2.45) is 5.73 Å². The van der Waals surface area contributed by atoms with Crippen LogP contribution in [0, 0.1) is 0 Å². The van der Waals surface area contributed by atoms with Gasteiger partial charge in [-0.3, -0.25) is 0 Å². The molecule has 15 heavy (non-hydrogen) atoms. The first-order valence-electron chi connectivity index (χ1n) is 4.32. The molecule has 0 bridgehead atoms. The van der Waals surface area contributed by atoms with E-state index in [0.717, 1.165) is 0 Å². The Morgan fingerprint density at radius 3 is 2.53 bits per heavy atom. The second-order valence-electron chi connectivity index (χ2n) is 3.17. The van der Waals surface area contributed by atoms with Crippen molar-refractivity contribution in [3.8, 4) is 0 Å². The molecule has 0 aliphatic carbocycles. The summed E-state index contributed by atoms with van der Waals surface area (Å²) in [6.45, 7) is 0. The van der Waals surface area contributed by atoms with Gasteiger partial charge in [-0.2, -0.15) is 13.2 Å². The Bertz CT molecular complexity index is 310. The zero-order chi connectivity index (χ0) is 11.5. The maximum absolute atomic E-state index is 11.9. The Hall–Kier alpha value is -0.620. The molecule has 0 spiro atoms. The fraction of sp³-hybridized carbons (Fsp3) is 0.444. The number of alkyl halides is 3. The highest BCUT2D eigenvalue weighted by atomic mass is 79.9. The summed E-state index contributed by atoms with van der Waals surface area (Å²) in [5, 5.41) is 0. The van der Waals surface area contributed by atoms with E-state index in [9.17, 15) is 13.2 Å². The fourth-order valence-electron chi connectivity index (χ4n) is 1.09. The van der Waals surface area contributed by atoms with Crippen molar-refractivity contribution in [3.63, 3.8) is 0 Å². The Balaban J connectivity index is 2.54. The van der Waals surface area contributed by atoms with Gasteiger partial charge in [-0.1, -0.05) is 6.07 Å². The van der Waals surface area contributed by atoms with E-state index in [1.54, 1.807) is 12.1 Å². The molecule has 2 N–H and O–H groups in total. The summed E-state index contributed by atoms with van der Waals surface area (Å²) in [7, 11) is 0. The summed E-state index contributed by atoms with van der Waals surface area (Å²) in [5.74, 6) is 0. The van der Waals surface area contributed by atoms with Crippen LogP contribution >= 0.6 is 15.9 Å². The smallest absolute Gasteiger partial charge is 0.324 e. The van der Waals surface area contributed by atoms with Crippen LogP contribution in [0.25, 0.3) is 0 Å². The Labute approximate surface area is 93.8 Å². The van der Waals surface area contributed by atoms with Gasteiger partial charge in [0.05, 0.1) is 0 Å². The molecular formula is C9H10BrF3N2. The molecule has 0 saturated heterocycles. The van der Waals surface area contributed by atoms with Crippen LogP contribution in [-0.4, -0.2) is 11.2 Å². The third-order valence-corrected chi connectivity index (χ3v) is 2.39. The second kappa shape index (κ2) is 4.94. The Kier molecular flexibility index (Phi) is 4.10. The van der Waals surface area contributed by atoms with E-state index in [1.165, 1.54) is 6.20 Å². The maximum atomic E-state index is 11.9. The van der Waals surface area contributed by atoms with Gasteiger partial charge in [0, 0.05) is 18.7 Å². The van der Waals surface area contributed by atoms with Crippen molar-refractivity contribution in [1.82, 2.24) is 4.98 Å². The first-order chi connectivity index (χ1) is 6.88. The topological polar surface area (TPSA) is 38.9 Å². The number of aromatic nitrogens is 1. The van der Waals surface area contributed by atoms with E-state index >= 15 is 0 Å². The summed E-state index contributed by atoms with van der Waals surface area (Å²) in [4.78, 5) is 3.90. The van der Waals surface area contributed by atoms with Gasteiger partial charge in [0.1, 0.15) is 4.60 Å². The molecule has 6 heteroatoms. The molecule has 0 saturated carbocycles. The first-order valence-corrected chi connectivity index (χ1v) is 5.11. The quantitative estimate of drug-likeness (QED) is 0.865. The van der Waals surface area contributed by atoms with Crippen LogP contribution < -0.4 is 5.73 Å². The Morgan fingerprint density at radius 2 is 2.07 bits per heavy atom. The summed E-state index contributed by atoms with van der Waals surface area (Å²) in [6.07, 6.45) is -3.66. The lowest BCUT2D eigenvalue weighted by Gasteiger charge is -2.12. The molecule has 0 aliphatic rings. The van der Waals surface area contributed by atoms with Crippen molar-refractivity contribution < 1.29 is 13.2 Å². The van der Waals surface area contributed by atoms with Crippen LogP contribution in [0.5, 0.6) is 0 Å². The highest BCUT2D eigenvalue weighted by molar-refractivity contribution is 9.10. The van der Waals surface area contributed by atoms with Gasteiger partial charge < -0.3 is 5.73 Å². The highest BCUT2D eigenvalue weighted by Gasteiger charge is 2.27. The lowest BCUT2D eigenvalue weighted by molar-refractivity contribution is -0.136. The second-order valence-corrected chi connectivity index (χ2v) is 3.99. The maximum Gasteiger partial charge on any atom is 0.389 e. The summed E-state index contributed by atoms with van der Waals surface area (Å²) in [6, 6.07) is 2.70. The van der Waals surface area contributed by atoms with Crippen molar-refractivity contribution in [1.29, 1.82) is 0 Å². The van der Waals surface area contributed by atoms with E-state index in [2.05, 4.69) is 20.9 Å². The molecule has 84 valence electrons. The van der Waals surface area contributed by atoms with E-state index in [-0.39, 0.29) is 6.42 Å². The molecule has 0 aromatic carbocycles. The minimum atomic E-state index is -4.15. The standard InChI is InChI=1S/C9H10BrF3N2/c10-8-2-1-6(5-15-8)7(14)3-4-9(11,12)13/h1-2,5,7H,3-4,14H2/t7-/m0/s1. The van der Waals surface area contributed by atoms with Gasteiger partial charge in [0.25, 0.3) is 0 Å². The number of halogens is 4. The zero-order valence-corrected chi connectivity index (χ0v) is 9.35. The molecule has 0 radical (unpaired) electrons. The van der Waals surface area contributed by atoms with Gasteiger partial charge in [-0.25, -0.2) is 4.98 Å². The third kappa shape index (κ3) is 4.61. The van der Waals surface area contributed by atoms with Crippen molar-refractivity contribution in [2.75, 3.05) is 0 Å². The molecule has 1 atom stereocenters. The molecule has 1 heterocycles. The van der Waals surface area contributed by atoms with Gasteiger partial charge in [0.2, 0.25) is 0 Å². The summed E-state index contributed by atoms with van der Waals surface area (Å²) < 4.78 is 36.4. The number of rotatable bonds is 3. The van der Waals surface area contributed by atoms with Crippen LogP contribution in [0.1, 0.15) is 24.4 Å². The number of nitrogens with two attached hydrogens (primary N) is 1. The Morgan fingerprint density at radius 1 is 1.40 bits per heavy atom. The van der Waals surface area contributed by atoms with Crippen LogP contribution in [0.4, 0.5) is 13.2 Å². The van der Waals surface area contributed by atoms with Crippen LogP contribution in [0.15, 0.2) is 22.9 Å². The molecule has 2 nitrogen and oxygen atoms in total. The first kappa shape index (κ1) is 12.4. The number of hydrogen-bond acceptors (Lipinski definition) is 2. The van der Waals surface area contributed by atoms with Crippen molar-refractivity contribution in [2.45, 2.75) is 25.1 Å². The molecular weight excluding hydrogens is 273 g/mol. The van der Waals surface area contributed by atoms with Crippen molar-refractivity contribution in [3.05, 3.63) is 28.5 Å². The molecule has 0 aliphatic heterocycles. The van der Waals surface area contributed by atoms with E-state index in [0.29, 0.717) is 10.2 Å². The third-order valence-electron chi connectivity index (χ3n) is 1.92. The normalized spacial score (nSPS) is 13.9. The van der Waals surface area contributed by atoms with Gasteiger partial charge >= 0.3 is 6.18 Å². The van der Waals surface area contributed by atoms with E-state index in [1.807, 2.05) is 0 Å². The average Bonchev–Trinajstić information content (AvgIpc) is 2.14. The van der Waals surface area contributed by atoms with E-state index in [4.69, 9.17) is 5.73 Å². The van der Waals surface area contributed by atoms with Crippen LogP contribution in [0.3, 0.4) is 0 Å². The minimum absolute atomic E-state index is 0.118. The lowest BCUT2D eigenvalue weighted by Crippen LogP contribution is -2.15. The zero-order valence-electron chi connectivity index (χ0n) is 7.76. The molecule has 0 unspecified atom stereocenters. The molecule has 0 amide bonds. The predicted molar refractivity (Wildman–Crippen MR) is 54.2 cm³/mol. The van der Waals surface area contributed by atoms with E-state index < -0.39 is 18.6 Å². The summed E-state index contributed by atoms with van der Waals surface area (Å²) >= 11 is 3.13. The number of hydrogen-bond donors (Lipinski definition) is 1. The van der Waals surface area contributed by atoms with Crippen molar-refractivity contribution >= 4 is 15.9 Å². The molecule has 0 fully saturated rings. The predicted octanol–water partition coefficient (Wildman–Crippen LogP) is 3.19. The fourth-order valence-corrected chi connectivity index (χ4v) is 1.33. The summed E-state index contributed by atoms with van der Waals surface area (Å²) in [5.41, 5.74) is 6.21. The average molecular weight is 283 g/mol. The van der Waals surface area contributed by atoms with Gasteiger partial charge in [0.15, 0.2) is 0 Å². The largest absolute Gasteiger partial charge is 0.389 e. The van der Waals surface area contributed by atoms with Gasteiger partial charge in [-0.15, -0.1) is 0 Å². The molecule has 1 rings (SSSR count). The lowest BCUT2D eigenvalue weighted by atomic mass is 10.1. The highest BCUT2D eigenvalue weighted by Crippen LogP contribution is 2.26. The number of pyridine rings is 1. The SMILES string of the molecule is N[C@@H](CCC(F)(F)F)c1ccc(Br)nc1. The molecule has 1 aromatic rings. The monoisotopic (exact) mass is 282 g/mol. The molecule has 1 aromatic heterocycles. The van der Waals surface area contributed by atoms with Crippen LogP contribution in [0.2, 0.25) is 0 Å². The number of nitrogens with zero attached hydrogens (tertiary/aromatic N) is 1.